The number of hydrazine groups is 1. The highest BCUT2D eigenvalue weighted by Crippen LogP contribution is 2.18. The largest absolute Gasteiger partial charge is 0.759 e. The van der Waals surface area contributed by atoms with Gasteiger partial charge in [-0.05, 0) is 27.2 Å². The quantitative estimate of drug-likeness (QED) is 0.304. The summed E-state index contributed by atoms with van der Waals surface area (Å²) in [4.78, 5) is 12.7. The van der Waals surface area contributed by atoms with Crippen LogP contribution < -0.4 is 4.83 Å². The zero-order valence-electron chi connectivity index (χ0n) is 12.5. The molecule has 0 aliphatic rings. The standard InChI is InChI=1S/C10H24N2O7SSi/c1-4-17-21(18-5-2,19-6-3)9-7-8-12(10(13)14)11-20(15)16/h11H,4-9H2,1-3H3,(H,13,14)(H,15,16)/p-1. The van der Waals surface area contributed by atoms with Crippen LogP contribution in [0.15, 0.2) is 0 Å². The number of carboxylic acid groups (broad SMARTS) is 1. The van der Waals surface area contributed by atoms with Crippen molar-refractivity contribution in [2.75, 3.05) is 26.4 Å². The number of rotatable bonds is 12. The lowest BCUT2D eigenvalue weighted by Gasteiger charge is -2.29. The molecule has 0 fully saturated rings. The first kappa shape index (κ1) is 20.4. The SMILES string of the molecule is CCO[Si](CCCN(NS(=O)[O-])C(=O)O)(OCC)OCC. The second kappa shape index (κ2) is 11.1. The Morgan fingerprint density at radius 1 is 1.24 bits per heavy atom. The molecule has 11 heteroatoms. The molecule has 1 atom stereocenters. The average Bonchev–Trinajstić information content (AvgIpc) is 2.38. The molecule has 1 unspecified atom stereocenters. The molecule has 0 saturated heterocycles. The topological polar surface area (TPSA) is 120 Å². The summed E-state index contributed by atoms with van der Waals surface area (Å²) in [5, 5.41) is 9.46. The van der Waals surface area contributed by atoms with Crippen LogP contribution in [0.4, 0.5) is 4.79 Å². The van der Waals surface area contributed by atoms with E-state index in [1.807, 2.05) is 20.8 Å². The summed E-state index contributed by atoms with van der Waals surface area (Å²) in [6.45, 7) is 6.74. The molecule has 2 N–H and O–H groups in total. The Kier molecular flexibility index (Phi) is 10.8. The van der Waals surface area contributed by atoms with Crippen LogP contribution in [0.25, 0.3) is 0 Å². The summed E-state index contributed by atoms with van der Waals surface area (Å²) in [6, 6.07) is 0.402. The van der Waals surface area contributed by atoms with E-state index in [-0.39, 0.29) is 6.54 Å². The first-order valence-corrected chi connectivity index (χ1v) is 9.69. The van der Waals surface area contributed by atoms with Gasteiger partial charge in [0.15, 0.2) is 0 Å². The summed E-state index contributed by atoms with van der Waals surface area (Å²) >= 11 is -2.69. The predicted octanol–water partition coefficient (Wildman–Crippen LogP) is 0.704. The van der Waals surface area contributed by atoms with Gasteiger partial charge >= 0.3 is 14.9 Å². The van der Waals surface area contributed by atoms with Crippen molar-refractivity contribution in [3.63, 3.8) is 0 Å². The van der Waals surface area contributed by atoms with Gasteiger partial charge in [0.1, 0.15) is 0 Å². The maximum Gasteiger partial charge on any atom is 0.500 e. The van der Waals surface area contributed by atoms with E-state index < -0.39 is 26.2 Å². The molecular formula is C10H23N2O7SSi-. The minimum absolute atomic E-state index is 0.0225. The zero-order chi connectivity index (χ0) is 16.3. The normalized spacial score (nSPS) is 13.1. The van der Waals surface area contributed by atoms with Crippen LogP contribution in [0.5, 0.6) is 0 Å². The fourth-order valence-corrected chi connectivity index (χ4v) is 4.67. The van der Waals surface area contributed by atoms with Gasteiger partial charge in [0.2, 0.25) is 0 Å². The van der Waals surface area contributed by atoms with Crippen LogP contribution in [0.2, 0.25) is 6.04 Å². The lowest BCUT2D eigenvalue weighted by molar-refractivity contribution is 0.0692. The number of nitrogens with zero attached hydrogens (tertiary/aromatic N) is 1. The first-order chi connectivity index (χ1) is 9.90. The number of amides is 1. The molecule has 0 heterocycles. The van der Waals surface area contributed by atoms with Gasteiger partial charge in [-0.15, -0.1) is 0 Å². The highest BCUT2D eigenvalue weighted by atomic mass is 32.2. The lowest BCUT2D eigenvalue weighted by Crippen LogP contribution is -2.48. The molecule has 0 spiro atoms. The fourth-order valence-electron chi connectivity index (χ4n) is 1.73. The smallest absolute Gasteiger partial charge is 0.500 e. The van der Waals surface area contributed by atoms with E-state index >= 15 is 0 Å². The van der Waals surface area contributed by atoms with Crippen LogP contribution in [0.3, 0.4) is 0 Å². The Labute approximate surface area is 128 Å². The van der Waals surface area contributed by atoms with Crippen molar-refractivity contribution < 1.29 is 31.9 Å². The molecule has 1 amide bonds. The Balaban J connectivity index is 4.57. The van der Waals surface area contributed by atoms with E-state index in [0.29, 0.717) is 37.3 Å². The van der Waals surface area contributed by atoms with Gasteiger partial charge in [-0.1, -0.05) is 0 Å². The van der Waals surface area contributed by atoms with Crippen LogP contribution in [-0.2, 0) is 24.5 Å². The fraction of sp³-hybridized carbons (Fsp3) is 0.900. The molecule has 9 nitrogen and oxygen atoms in total. The predicted molar refractivity (Wildman–Crippen MR) is 76.8 cm³/mol. The molecule has 0 saturated carbocycles. The van der Waals surface area contributed by atoms with Crippen LogP contribution in [0, 0.1) is 0 Å². The number of carbonyl (C=O) groups is 1. The molecule has 126 valence electrons. The maximum atomic E-state index is 10.9. The van der Waals surface area contributed by atoms with Crippen molar-refractivity contribution in [2.24, 2.45) is 0 Å². The summed E-state index contributed by atoms with van der Waals surface area (Å²) in [7, 11) is -2.84. The minimum Gasteiger partial charge on any atom is -0.759 e. The molecule has 0 aliphatic heterocycles. The van der Waals surface area contributed by atoms with Gasteiger partial charge in [0.05, 0.1) is 0 Å². The van der Waals surface area contributed by atoms with Gasteiger partial charge in [-0.3, -0.25) is 4.21 Å². The van der Waals surface area contributed by atoms with E-state index in [2.05, 4.69) is 0 Å². The molecule has 0 aromatic heterocycles. The molecule has 0 aliphatic carbocycles. The summed E-state index contributed by atoms with van der Waals surface area (Å²) in [5.41, 5.74) is 0. The van der Waals surface area contributed by atoms with Crippen LogP contribution >= 0.6 is 0 Å². The molecule has 0 aromatic rings. The van der Waals surface area contributed by atoms with Crippen molar-refractivity contribution >= 4 is 26.2 Å². The van der Waals surface area contributed by atoms with Crippen LogP contribution in [0.1, 0.15) is 27.2 Å². The summed E-state index contributed by atoms with van der Waals surface area (Å²) in [6.07, 6.45) is -1.03. The summed E-state index contributed by atoms with van der Waals surface area (Å²) < 4.78 is 37.9. The molecule has 0 rings (SSSR count). The van der Waals surface area contributed by atoms with E-state index in [0.717, 1.165) is 0 Å². The van der Waals surface area contributed by atoms with Crippen LogP contribution in [-0.4, -0.2) is 60.1 Å². The second-order valence-electron chi connectivity index (χ2n) is 3.85. The molecule has 0 aromatic carbocycles. The molecular weight excluding hydrogens is 320 g/mol. The average molecular weight is 343 g/mol. The minimum atomic E-state index is -2.84. The number of hydrogen-bond donors (Lipinski definition) is 2. The van der Waals surface area contributed by atoms with Crippen molar-refractivity contribution in [1.29, 1.82) is 0 Å². The van der Waals surface area contributed by atoms with E-state index in [4.69, 9.17) is 18.4 Å². The van der Waals surface area contributed by atoms with Gasteiger partial charge in [0, 0.05) is 43.7 Å². The third-order valence-corrected chi connectivity index (χ3v) is 5.89. The van der Waals surface area contributed by atoms with E-state index in [1.54, 1.807) is 4.83 Å². The van der Waals surface area contributed by atoms with Crippen molar-refractivity contribution in [1.82, 2.24) is 9.84 Å². The Bertz CT molecular complexity index is 318. The maximum absolute atomic E-state index is 10.9. The first-order valence-electron chi connectivity index (χ1n) is 6.68. The van der Waals surface area contributed by atoms with Gasteiger partial charge in [-0.2, -0.15) is 4.83 Å². The third kappa shape index (κ3) is 8.46. The van der Waals surface area contributed by atoms with Crippen molar-refractivity contribution in [3.8, 4) is 0 Å². The highest BCUT2D eigenvalue weighted by Gasteiger charge is 2.39. The Hall–Kier alpha value is -0.563. The number of nitrogens with one attached hydrogen (secondary N) is 1. The monoisotopic (exact) mass is 343 g/mol. The van der Waals surface area contributed by atoms with E-state index in [1.165, 1.54) is 0 Å². The zero-order valence-corrected chi connectivity index (χ0v) is 14.3. The van der Waals surface area contributed by atoms with Gasteiger partial charge in [-0.25, -0.2) is 9.80 Å². The summed E-state index contributed by atoms with van der Waals surface area (Å²) in [5.74, 6) is 0. The Morgan fingerprint density at radius 3 is 2.05 bits per heavy atom. The number of hydrogen-bond acceptors (Lipinski definition) is 6. The molecule has 0 bridgehead atoms. The van der Waals surface area contributed by atoms with Crippen molar-refractivity contribution in [2.45, 2.75) is 33.2 Å². The lowest BCUT2D eigenvalue weighted by atomic mass is 10.5. The molecule has 21 heavy (non-hydrogen) atoms. The third-order valence-electron chi connectivity index (χ3n) is 2.37. The molecule has 0 radical (unpaired) electrons. The van der Waals surface area contributed by atoms with Crippen molar-refractivity contribution in [3.05, 3.63) is 0 Å². The van der Waals surface area contributed by atoms with Gasteiger partial charge in [0.25, 0.3) is 0 Å². The second-order valence-corrected chi connectivity index (χ2v) is 7.23. The van der Waals surface area contributed by atoms with E-state index in [9.17, 15) is 13.6 Å². The Morgan fingerprint density at radius 2 is 1.71 bits per heavy atom. The van der Waals surface area contributed by atoms with Gasteiger partial charge < -0.3 is 22.9 Å². The highest BCUT2D eigenvalue weighted by molar-refractivity contribution is 7.77.